The minimum absolute atomic E-state index is 0.228. The molecule has 0 radical (unpaired) electrons. The Morgan fingerprint density at radius 1 is 1.07 bits per heavy atom. The van der Waals surface area contributed by atoms with E-state index in [2.05, 4.69) is 15.5 Å². The molecule has 5 nitrogen and oxygen atoms in total. The van der Waals surface area contributed by atoms with Gasteiger partial charge in [-0.1, -0.05) is 6.07 Å². The molecule has 0 unspecified atom stereocenters. The molecule has 2 N–H and O–H groups in total. The average Bonchev–Trinajstić information content (AvgIpc) is 2.69. The van der Waals surface area contributed by atoms with Crippen LogP contribution < -0.4 is 15.5 Å². The van der Waals surface area contributed by atoms with E-state index in [0.29, 0.717) is 24.5 Å². The van der Waals surface area contributed by atoms with Crippen molar-refractivity contribution in [2.24, 2.45) is 0 Å². The molecule has 2 aromatic rings. The molecule has 0 saturated carbocycles. The van der Waals surface area contributed by atoms with Crippen LogP contribution in [0.1, 0.15) is 25.5 Å². The zero-order chi connectivity index (χ0) is 20.1. The van der Waals surface area contributed by atoms with Crippen LogP contribution in [0.2, 0.25) is 0 Å². The van der Waals surface area contributed by atoms with Gasteiger partial charge in [-0.25, -0.2) is 8.78 Å². The van der Waals surface area contributed by atoms with Crippen molar-refractivity contribution in [2.75, 3.05) is 36.5 Å². The van der Waals surface area contributed by atoms with Crippen LogP contribution >= 0.6 is 0 Å². The van der Waals surface area contributed by atoms with Gasteiger partial charge in [0.15, 0.2) is 0 Å². The third-order valence-electron chi connectivity index (χ3n) is 4.83. The summed E-state index contributed by atoms with van der Waals surface area (Å²) in [6.45, 7) is 6.57. The summed E-state index contributed by atoms with van der Waals surface area (Å²) in [6.07, 6.45) is 0. The molecule has 0 bridgehead atoms. The molecular formula is C21H25F2N3O2. The quantitative estimate of drug-likeness (QED) is 0.794. The number of rotatable bonds is 6. The van der Waals surface area contributed by atoms with Gasteiger partial charge in [0.2, 0.25) is 5.91 Å². The molecule has 2 aromatic carbocycles. The van der Waals surface area contributed by atoms with Crippen molar-refractivity contribution in [3.8, 4) is 0 Å². The Morgan fingerprint density at radius 3 is 2.39 bits per heavy atom. The lowest BCUT2D eigenvalue weighted by Crippen LogP contribution is -2.39. The van der Waals surface area contributed by atoms with Crippen LogP contribution in [-0.4, -0.2) is 38.3 Å². The summed E-state index contributed by atoms with van der Waals surface area (Å²) in [4.78, 5) is 14.7. The van der Waals surface area contributed by atoms with E-state index in [0.717, 1.165) is 24.8 Å². The fourth-order valence-electron chi connectivity index (χ4n) is 3.22. The summed E-state index contributed by atoms with van der Waals surface area (Å²) in [5, 5.41) is 5.90. The van der Waals surface area contributed by atoms with Crippen LogP contribution in [0.5, 0.6) is 0 Å². The van der Waals surface area contributed by atoms with Gasteiger partial charge in [0, 0.05) is 42.1 Å². The first-order valence-corrected chi connectivity index (χ1v) is 9.38. The Labute approximate surface area is 163 Å². The van der Waals surface area contributed by atoms with E-state index in [1.807, 2.05) is 24.3 Å². The summed E-state index contributed by atoms with van der Waals surface area (Å²) in [5.41, 5.74) is 2.10. The zero-order valence-electron chi connectivity index (χ0n) is 16.0. The topological polar surface area (TPSA) is 53.6 Å². The molecule has 0 spiro atoms. The van der Waals surface area contributed by atoms with Crippen LogP contribution in [0.4, 0.5) is 20.2 Å². The number of nitrogens with zero attached hydrogens (tertiary/aromatic N) is 1. The summed E-state index contributed by atoms with van der Waals surface area (Å²) in [6, 6.07) is 10.1. The number of ether oxygens (including phenoxy) is 1. The van der Waals surface area contributed by atoms with Gasteiger partial charge in [-0.15, -0.1) is 0 Å². The number of benzene rings is 2. The molecule has 0 aromatic heterocycles. The van der Waals surface area contributed by atoms with Crippen LogP contribution in [0.15, 0.2) is 42.5 Å². The van der Waals surface area contributed by atoms with E-state index < -0.39 is 23.7 Å². The van der Waals surface area contributed by atoms with Gasteiger partial charge < -0.3 is 15.0 Å². The summed E-state index contributed by atoms with van der Waals surface area (Å²) in [5.74, 6) is -1.49. The molecule has 1 saturated heterocycles. The summed E-state index contributed by atoms with van der Waals surface area (Å²) < 4.78 is 32.3. The Kier molecular flexibility index (Phi) is 6.59. The summed E-state index contributed by atoms with van der Waals surface area (Å²) >= 11 is 0. The second-order valence-electron chi connectivity index (χ2n) is 6.91. The van der Waals surface area contributed by atoms with Crippen LogP contribution in [0.25, 0.3) is 0 Å². The van der Waals surface area contributed by atoms with E-state index in [9.17, 15) is 13.6 Å². The normalized spacial score (nSPS) is 16.5. The maximum absolute atomic E-state index is 13.9. The third-order valence-corrected chi connectivity index (χ3v) is 4.83. The van der Waals surface area contributed by atoms with E-state index in [1.165, 1.54) is 12.1 Å². The van der Waals surface area contributed by atoms with Crippen molar-refractivity contribution in [1.82, 2.24) is 5.32 Å². The number of nitrogens with one attached hydrogen (secondary N) is 2. The fraction of sp³-hybridized carbons (Fsp3) is 0.381. The van der Waals surface area contributed by atoms with Crippen molar-refractivity contribution in [3.05, 3.63) is 59.7 Å². The maximum atomic E-state index is 13.9. The smallest absolute Gasteiger partial charge is 0.241 e. The lowest BCUT2D eigenvalue weighted by Gasteiger charge is -2.29. The number of morpholine rings is 1. The third kappa shape index (κ3) is 5.05. The number of hydrogen-bond donors (Lipinski definition) is 2. The van der Waals surface area contributed by atoms with Gasteiger partial charge in [0.1, 0.15) is 11.6 Å². The van der Waals surface area contributed by atoms with Crippen molar-refractivity contribution >= 4 is 17.3 Å². The first-order valence-electron chi connectivity index (χ1n) is 9.38. The molecule has 1 heterocycles. The van der Waals surface area contributed by atoms with E-state index in [4.69, 9.17) is 4.74 Å². The van der Waals surface area contributed by atoms with Crippen LogP contribution in [0, 0.1) is 11.6 Å². The molecule has 3 rings (SSSR count). The predicted molar refractivity (Wildman–Crippen MR) is 105 cm³/mol. The highest BCUT2D eigenvalue weighted by Gasteiger charge is 2.19. The number of hydrogen-bond acceptors (Lipinski definition) is 4. The number of carbonyl (C=O) groups is 1. The number of halogens is 2. The fourth-order valence-corrected chi connectivity index (χ4v) is 3.22. The van der Waals surface area contributed by atoms with Gasteiger partial charge in [-0.05, 0) is 44.2 Å². The number of amides is 1. The van der Waals surface area contributed by atoms with Crippen molar-refractivity contribution in [1.29, 1.82) is 0 Å². The molecule has 0 aliphatic carbocycles. The highest BCUT2D eigenvalue weighted by Crippen LogP contribution is 2.20. The predicted octanol–water partition coefficient (Wildman–Crippen LogP) is 3.48. The standard InChI is InChI=1S/C21H25F2N3O2/c1-14(19-8-3-16(22)13-20(19)23)24-15(2)21(27)25-17-4-6-18(7-5-17)26-9-11-28-12-10-26/h3-8,13-15,24H,9-12H2,1-2H3,(H,25,27)/t14-,15+/m1/s1. The molecule has 1 aliphatic heterocycles. The van der Waals surface area contributed by atoms with Crippen LogP contribution in [0.3, 0.4) is 0 Å². The van der Waals surface area contributed by atoms with Gasteiger partial charge >= 0.3 is 0 Å². The molecule has 1 amide bonds. The lowest BCUT2D eigenvalue weighted by molar-refractivity contribution is -0.117. The Hall–Kier alpha value is -2.51. The number of anilines is 2. The number of carbonyl (C=O) groups excluding carboxylic acids is 1. The summed E-state index contributed by atoms with van der Waals surface area (Å²) in [7, 11) is 0. The minimum Gasteiger partial charge on any atom is -0.378 e. The van der Waals surface area contributed by atoms with E-state index in [1.54, 1.807) is 13.8 Å². The molecule has 2 atom stereocenters. The molecule has 150 valence electrons. The average molecular weight is 389 g/mol. The van der Waals surface area contributed by atoms with Gasteiger partial charge in [0.25, 0.3) is 0 Å². The van der Waals surface area contributed by atoms with Crippen molar-refractivity contribution in [2.45, 2.75) is 25.9 Å². The molecule has 1 aliphatic rings. The molecule has 7 heteroatoms. The second-order valence-corrected chi connectivity index (χ2v) is 6.91. The van der Waals surface area contributed by atoms with Crippen molar-refractivity contribution in [3.63, 3.8) is 0 Å². The molecular weight excluding hydrogens is 364 g/mol. The molecule has 28 heavy (non-hydrogen) atoms. The maximum Gasteiger partial charge on any atom is 0.241 e. The zero-order valence-corrected chi connectivity index (χ0v) is 16.0. The lowest BCUT2D eigenvalue weighted by atomic mass is 10.1. The van der Waals surface area contributed by atoms with E-state index >= 15 is 0 Å². The van der Waals surface area contributed by atoms with Gasteiger partial charge in [-0.3, -0.25) is 10.1 Å². The first kappa shape index (κ1) is 20.2. The Balaban J connectivity index is 1.56. The Bertz CT molecular complexity index is 808. The van der Waals surface area contributed by atoms with Crippen LogP contribution in [-0.2, 0) is 9.53 Å². The van der Waals surface area contributed by atoms with Gasteiger partial charge in [-0.2, -0.15) is 0 Å². The second kappa shape index (κ2) is 9.12. The molecule has 1 fully saturated rings. The Morgan fingerprint density at radius 2 is 1.75 bits per heavy atom. The SMILES string of the molecule is C[C@H](N[C@H](C)c1ccc(F)cc1F)C(=O)Nc1ccc(N2CCOCC2)cc1. The highest BCUT2D eigenvalue weighted by atomic mass is 19.1. The van der Waals surface area contributed by atoms with Crippen molar-refractivity contribution < 1.29 is 18.3 Å². The largest absolute Gasteiger partial charge is 0.378 e. The first-order chi connectivity index (χ1) is 13.4. The highest BCUT2D eigenvalue weighted by molar-refractivity contribution is 5.94. The van der Waals surface area contributed by atoms with Gasteiger partial charge in [0.05, 0.1) is 19.3 Å². The minimum atomic E-state index is -0.633. The monoisotopic (exact) mass is 389 g/mol. The van der Waals surface area contributed by atoms with E-state index in [-0.39, 0.29) is 5.91 Å².